The number of nitrogens with one attached hydrogen (secondary N) is 1. The molecule has 1 aromatic carbocycles. The molecule has 3 N–H and O–H groups in total. The highest BCUT2D eigenvalue weighted by Crippen LogP contribution is 2.34. The van der Waals surface area contributed by atoms with Crippen LogP contribution in [0.15, 0.2) is 30.3 Å². The van der Waals surface area contributed by atoms with Gasteiger partial charge in [-0.2, -0.15) is 0 Å². The number of benzene rings is 1. The average Bonchev–Trinajstić information content (AvgIpc) is 2.62. The summed E-state index contributed by atoms with van der Waals surface area (Å²) in [4.78, 5) is 26.0. The third-order valence-corrected chi connectivity index (χ3v) is 4.74. The van der Waals surface area contributed by atoms with Gasteiger partial charge in [-0.1, -0.05) is 31.5 Å². The maximum Gasteiger partial charge on any atom is 0.251 e. The fraction of sp³-hybridized carbons (Fsp3) is 0.556. The second-order valence-electron chi connectivity index (χ2n) is 6.44. The van der Waals surface area contributed by atoms with Crippen LogP contribution >= 0.6 is 0 Å². The number of piperidine rings is 1. The topological polar surface area (TPSA) is 89.9 Å². The zero-order chi connectivity index (χ0) is 17.6. The Kier molecular flexibility index (Phi) is 6.34. The lowest BCUT2D eigenvalue weighted by molar-refractivity contribution is -0.141. The number of aliphatic hydroxyl groups excluding tert-OH is 2. The molecule has 1 saturated heterocycles. The highest BCUT2D eigenvalue weighted by Gasteiger charge is 2.42. The summed E-state index contributed by atoms with van der Waals surface area (Å²) in [6, 6.07) is 8.74. The average molecular weight is 334 g/mol. The largest absolute Gasteiger partial charge is 0.396 e. The molecule has 0 bridgehead atoms. The molecular formula is C18H26N2O4. The molecule has 0 saturated carbocycles. The first kappa shape index (κ1) is 18.4. The smallest absolute Gasteiger partial charge is 0.251 e. The summed E-state index contributed by atoms with van der Waals surface area (Å²) >= 11 is 0. The van der Waals surface area contributed by atoms with E-state index in [0.717, 1.165) is 6.42 Å². The molecule has 1 aromatic rings. The summed E-state index contributed by atoms with van der Waals surface area (Å²) in [6.07, 6.45) is 1.32. The van der Waals surface area contributed by atoms with Gasteiger partial charge in [0.05, 0.1) is 19.3 Å². The lowest BCUT2D eigenvalue weighted by Crippen LogP contribution is -2.56. The molecule has 2 rings (SSSR count). The first-order valence-electron chi connectivity index (χ1n) is 8.42. The van der Waals surface area contributed by atoms with Crippen molar-refractivity contribution in [2.45, 2.75) is 32.3 Å². The van der Waals surface area contributed by atoms with Crippen LogP contribution in [0.5, 0.6) is 0 Å². The van der Waals surface area contributed by atoms with E-state index < -0.39 is 11.5 Å². The lowest BCUT2D eigenvalue weighted by atomic mass is 9.74. The van der Waals surface area contributed by atoms with Crippen LogP contribution in [0.25, 0.3) is 0 Å². The summed E-state index contributed by atoms with van der Waals surface area (Å²) in [5, 5.41) is 22.6. The van der Waals surface area contributed by atoms with Crippen LogP contribution in [-0.4, -0.2) is 59.3 Å². The molecule has 0 spiro atoms. The highest BCUT2D eigenvalue weighted by molar-refractivity contribution is 5.96. The highest BCUT2D eigenvalue weighted by atomic mass is 16.3. The van der Waals surface area contributed by atoms with E-state index >= 15 is 0 Å². The molecule has 1 aliphatic rings. The summed E-state index contributed by atoms with van der Waals surface area (Å²) in [7, 11) is 0. The minimum Gasteiger partial charge on any atom is -0.396 e. The Morgan fingerprint density at radius 2 is 2.04 bits per heavy atom. The molecule has 6 nitrogen and oxygen atoms in total. The van der Waals surface area contributed by atoms with Crippen molar-refractivity contribution in [3.05, 3.63) is 35.9 Å². The van der Waals surface area contributed by atoms with Gasteiger partial charge in [-0.15, -0.1) is 0 Å². The van der Waals surface area contributed by atoms with Crippen LogP contribution in [0, 0.1) is 5.41 Å². The van der Waals surface area contributed by atoms with Gasteiger partial charge in [0.25, 0.3) is 5.91 Å². The molecule has 0 radical (unpaired) electrons. The molecule has 6 heteroatoms. The molecule has 2 atom stereocenters. The van der Waals surface area contributed by atoms with Gasteiger partial charge in [0.15, 0.2) is 0 Å². The zero-order valence-corrected chi connectivity index (χ0v) is 14.1. The third-order valence-electron chi connectivity index (χ3n) is 4.74. The summed E-state index contributed by atoms with van der Waals surface area (Å²) in [6.45, 7) is 2.51. The fourth-order valence-electron chi connectivity index (χ4n) is 3.30. The van der Waals surface area contributed by atoms with Crippen molar-refractivity contribution >= 4 is 11.8 Å². The molecule has 132 valence electrons. The van der Waals surface area contributed by atoms with E-state index in [2.05, 4.69) is 5.32 Å². The van der Waals surface area contributed by atoms with Crippen molar-refractivity contribution in [3.63, 3.8) is 0 Å². The normalized spacial score (nSPS) is 23.8. The Labute approximate surface area is 142 Å². The van der Waals surface area contributed by atoms with Gasteiger partial charge in [-0.25, -0.2) is 0 Å². The summed E-state index contributed by atoms with van der Waals surface area (Å²) < 4.78 is 0. The quantitative estimate of drug-likeness (QED) is 0.717. The second kappa shape index (κ2) is 8.26. The van der Waals surface area contributed by atoms with Gasteiger partial charge in [0, 0.05) is 24.1 Å². The van der Waals surface area contributed by atoms with E-state index in [0.29, 0.717) is 31.5 Å². The van der Waals surface area contributed by atoms with E-state index in [4.69, 9.17) is 0 Å². The van der Waals surface area contributed by atoms with Crippen LogP contribution in [0.1, 0.15) is 36.5 Å². The Hall–Kier alpha value is -1.92. The first-order valence-corrected chi connectivity index (χ1v) is 8.42. The molecule has 0 aromatic heterocycles. The van der Waals surface area contributed by atoms with Crippen LogP contribution in [0.3, 0.4) is 0 Å². The Morgan fingerprint density at radius 1 is 1.33 bits per heavy atom. The number of hydrogen-bond acceptors (Lipinski definition) is 4. The minimum atomic E-state index is -0.661. The van der Waals surface area contributed by atoms with Crippen LogP contribution in [-0.2, 0) is 4.79 Å². The predicted molar refractivity (Wildman–Crippen MR) is 90.4 cm³/mol. The molecule has 24 heavy (non-hydrogen) atoms. The number of carbonyl (C=O) groups is 2. The number of amides is 2. The predicted octanol–water partition coefficient (Wildman–Crippen LogP) is 0.788. The maximum absolute atomic E-state index is 12.4. The zero-order valence-electron chi connectivity index (χ0n) is 14.1. The van der Waals surface area contributed by atoms with Gasteiger partial charge < -0.3 is 20.4 Å². The fourth-order valence-corrected chi connectivity index (χ4v) is 3.30. The molecule has 1 heterocycles. The number of nitrogens with zero attached hydrogens (tertiary/aromatic N) is 1. The van der Waals surface area contributed by atoms with Gasteiger partial charge in [0.1, 0.15) is 0 Å². The van der Waals surface area contributed by atoms with Crippen molar-refractivity contribution < 1.29 is 19.8 Å². The Balaban J connectivity index is 1.93. The summed E-state index contributed by atoms with van der Waals surface area (Å²) in [5.74, 6) is -0.483. The molecule has 1 aliphatic heterocycles. The number of likely N-dealkylation sites (tertiary alicyclic amines) is 1. The van der Waals surface area contributed by atoms with E-state index in [1.165, 1.54) is 0 Å². The van der Waals surface area contributed by atoms with Crippen LogP contribution in [0.2, 0.25) is 0 Å². The van der Waals surface area contributed by atoms with Crippen molar-refractivity contribution in [2.75, 3.05) is 26.2 Å². The third kappa shape index (κ3) is 4.13. The van der Waals surface area contributed by atoms with E-state index in [1.54, 1.807) is 29.2 Å². The SMILES string of the molecule is CCC[C@@]1(CO)CN(C(=O)CNC(=O)c2ccccc2)CC[C@H]1O. The number of carbonyl (C=O) groups excluding carboxylic acids is 2. The van der Waals surface area contributed by atoms with Crippen LogP contribution < -0.4 is 5.32 Å². The maximum atomic E-state index is 12.4. The monoisotopic (exact) mass is 334 g/mol. The van der Waals surface area contributed by atoms with E-state index in [9.17, 15) is 19.8 Å². The van der Waals surface area contributed by atoms with Gasteiger partial charge in [-0.3, -0.25) is 9.59 Å². The Morgan fingerprint density at radius 3 is 2.67 bits per heavy atom. The van der Waals surface area contributed by atoms with E-state index in [-0.39, 0.29) is 25.0 Å². The standard InChI is InChI=1S/C18H26N2O4/c1-2-9-18(13-21)12-20(10-8-15(18)22)16(23)11-19-17(24)14-6-4-3-5-7-14/h3-7,15,21-22H,2,8-13H2,1H3,(H,19,24)/t15-,18+/m1/s1. The second-order valence-corrected chi connectivity index (χ2v) is 6.44. The van der Waals surface area contributed by atoms with Crippen molar-refractivity contribution in [1.82, 2.24) is 10.2 Å². The van der Waals surface area contributed by atoms with Gasteiger partial charge in [-0.05, 0) is 25.0 Å². The number of rotatable bonds is 6. The number of hydrogen-bond donors (Lipinski definition) is 3. The molecule has 1 fully saturated rings. The van der Waals surface area contributed by atoms with Crippen molar-refractivity contribution in [1.29, 1.82) is 0 Å². The Bertz CT molecular complexity index is 563. The first-order chi connectivity index (χ1) is 11.5. The molecule has 0 unspecified atom stereocenters. The van der Waals surface area contributed by atoms with Crippen molar-refractivity contribution in [3.8, 4) is 0 Å². The summed E-state index contributed by atoms with van der Waals surface area (Å²) in [5.41, 5.74) is -0.151. The lowest BCUT2D eigenvalue weighted by Gasteiger charge is -2.45. The van der Waals surface area contributed by atoms with E-state index in [1.807, 2.05) is 13.0 Å². The molecule has 0 aliphatic carbocycles. The van der Waals surface area contributed by atoms with Gasteiger partial charge >= 0.3 is 0 Å². The molecular weight excluding hydrogens is 308 g/mol. The van der Waals surface area contributed by atoms with Gasteiger partial charge in [0.2, 0.25) is 5.91 Å². The van der Waals surface area contributed by atoms with Crippen molar-refractivity contribution in [2.24, 2.45) is 5.41 Å². The molecule has 2 amide bonds. The minimum absolute atomic E-state index is 0.0859. The van der Waals surface area contributed by atoms with Crippen LogP contribution in [0.4, 0.5) is 0 Å². The number of aliphatic hydroxyl groups is 2.